The SMILES string of the molecule is CCNC(=NCc1cccc(OC(C)C)c1)NCCc1ccccn1. The van der Waals surface area contributed by atoms with Crippen molar-refractivity contribution in [2.45, 2.75) is 39.8 Å². The van der Waals surface area contributed by atoms with Crippen LogP contribution >= 0.6 is 0 Å². The lowest BCUT2D eigenvalue weighted by Crippen LogP contribution is -2.38. The number of nitrogens with one attached hydrogen (secondary N) is 2. The third-order valence-corrected chi connectivity index (χ3v) is 3.43. The Morgan fingerprint density at radius 1 is 1.16 bits per heavy atom. The van der Waals surface area contributed by atoms with Crippen molar-refractivity contribution in [2.24, 2.45) is 4.99 Å². The molecule has 0 saturated carbocycles. The highest BCUT2D eigenvalue weighted by Crippen LogP contribution is 2.15. The second-order valence-electron chi connectivity index (χ2n) is 6.01. The number of aliphatic imine (C=N–C) groups is 1. The molecule has 134 valence electrons. The van der Waals surface area contributed by atoms with Crippen LogP contribution in [-0.2, 0) is 13.0 Å². The Labute approximate surface area is 150 Å². The monoisotopic (exact) mass is 340 g/mol. The molecule has 2 N–H and O–H groups in total. The van der Waals surface area contributed by atoms with Gasteiger partial charge in [0.15, 0.2) is 5.96 Å². The molecule has 0 amide bonds. The summed E-state index contributed by atoms with van der Waals surface area (Å²) in [6.07, 6.45) is 2.86. The normalized spacial score (nSPS) is 11.4. The molecule has 0 aliphatic rings. The Hall–Kier alpha value is -2.56. The molecule has 2 rings (SSSR count). The maximum Gasteiger partial charge on any atom is 0.191 e. The van der Waals surface area contributed by atoms with Gasteiger partial charge in [-0.2, -0.15) is 0 Å². The van der Waals surface area contributed by atoms with E-state index < -0.39 is 0 Å². The van der Waals surface area contributed by atoms with Gasteiger partial charge in [-0.15, -0.1) is 0 Å². The molecule has 5 heteroatoms. The zero-order valence-electron chi connectivity index (χ0n) is 15.3. The number of hydrogen-bond donors (Lipinski definition) is 2. The van der Waals surface area contributed by atoms with Gasteiger partial charge in [-0.3, -0.25) is 4.98 Å². The molecule has 25 heavy (non-hydrogen) atoms. The Bertz CT molecular complexity index is 656. The molecule has 1 aromatic heterocycles. The molecule has 0 unspecified atom stereocenters. The lowest BCUT2D eigenvalue weighted by Gasteiger charge is -2.12. The zero-order chi connectivity index (χ0) is 17.9. The fraction of sp³-hybridized carbons (Fsp3) is 0.400. The largest absolute Gasteiger partial charge is 0.491 e. The summed E-state index contributed by atoms with van der Waals surface area (Å²) >= 11 is 0. The van der Waals surface area contributed by atoms with Crippen LogP contribution in [0.25, 0.3) is 0 Å². The van der Waals surface area contributed by atoms with Gasteiger partial charge in [0.25, 0.3) is 0 Å². The van der Waals surface area contributed by atoms with E-state index in [2.05, 4.69) is 33.6 Å². The molecule has 0 bridgehead atoms. The highest BCUT2D eigenvalue weighted by Gasteiger charge is 2.01. The summed E-state index contributed by atoms with van der Waals surface area (Å²) in [5.74, 6) is 1.70. The molecule has 0 radical (unpaired) electrons. The van der Waals surface area contributed by atoms with E-state index in [1.54, 1.807) is 0 Å². The van der Waals surface area contributed by atoms with Crippen molar-refractivity contribution < 1.29 is 4.74 Å². The number of guanidine groups is 1. The number of benzene rings is 1. The smallest absolute Gasteiger partial charge is 0.191 e. The third-order valence-electron chi connectivity index (χ3n) is 3.43. The van der Waals surface area contributed by atoms with Gasteiger partial charge in [0, 0.05) is 31.4 Å². The van der Waals surface area contributed by atoms with Gasteiger partial charge in [-0.1, -0.05) is 18.2 Å². The van der Waals surface area contributed by atoms with E-state index >= 15 is 0 Å². The summed E-state index contributed by atoms with van der Waals surface area (Å²) in [6.45, 7) is 8.34. The van der Waals surface area contributed by atoms with Crippen molar-refractivity contribution >= 4 is 5.96 Å². The minimum Gasteiger partial charge on any atom is -0.491 e. The van der Waals surface area contributed by atoms with Gasteiger partial charge in [0.1, 0.15) is 5.75 Å². The number of rotatable bonds is 8. The molecule has 0 spiro atoms. The minimum absolute atomic E-state index is 0.171. The predicted molar refractivity (Wildman–Crippen MR) is 103 cm³/mol. The van der Waals surface area contributed by atoms with Crippen LogP contribution in [0.1, 0.15) is 32.0 Å². The number of pyridine rings is 1. The topological polar surface area (TPSA) is 58.5 Å². The third kappa shape index (κ3) is 7.25. The van der Waals surface area contributed by atoms with E-state index in [1.807, 2.05) is 56.4 Å². The fourth-order valence-electron chi connectivity index (χ4n) is 2.36. The van der Waals surface area contributed by atoms with Crippen LogP contribution < -0.4 is 15.4 Å². The van der Waals surface area contributed by atoms with Crippen LogP contribution in [-0.4, -0.2) is 30.1 Å². The zero-order valence-corrected chi connectivity index (χ0v) is 15.3. The average Bonchev–Trinajstić information content (AvgIpc) is 2.60. The molecule has 5 nitrogen and oxygen atoms in total. The van der Waals surface area contributed by atoms with Gasteiger partial charge in [-0.05, 0) is 50.6 Å². The van der Waals surface area contributed by atoms with Crippen molar-refractivity contribution in [1.82, 2.24) is 15.6 Å². The summed E-state index contributed by atoms with van der Waals surface area (Å²) < 4.78 is 5.74. The fourth-order valence-corrected chi connectivity index (χ4v) is 2.36. The van der Waals surface area contributed by atoms with Crippen molar-refractivity contribution in [3.63, 3.8) is 0 Å². The Morgan fingerprint density at radius 3 is 2.76 bits per heavy atom. The van der Waals surface area contributed by atoms with E-state index in [9.17, 15) is 0 Å². The summed E-state index contributed by atoms with van der Waals surface area (Å²) in [6, 6.07) is 14.1. The van der Waals surface area contributed by atoms with Crippen LogP contribution in [0.5, 0.6) is 5.75 Å². The average molecular weight is 340 g/mol. The molecule has 1 aromatic carbocycles. The molecule has 0 atom stereocenters. The predicted octanol–water partition coefficient (Wildman–Crippen LogP) is 3.17. The highest BCUT2D eigenvalue weighted by atomic mass is 16.5. The first-order valence-electron chi connectivity index (χ1n) is 8.85. The maximum absolute atomic E-state index is 5.74. The van der Waals surface area contributed by atoms with Crippen LogP contribution in [0.4, 0.5) is 0 Å². The van der Waals surface area contributed by atoms with Crippen molar-refractivity contribution in [1.29, 1.82) is 0 Å². The number of nitrogens with zero attached hydrogens (tertiary/aromatic N) is 2. The Kier molecular flexibility index (Phi) is 7.76. The molecule has 0 aliphatic carbocycles. The minimum atomic E-state index is 0.171. The van der Waals surface area contributed by atoms with Crippen molar-refractivity contribution in [2.75, 3.05) is 13.1 Å². The summed E-state index contributed by atoms with van der Waals surface area (Å²) in [4.78, 5) is 8.99. The first-order valence-corrected chi connectivity index (χ1v) is 8.85. The molecular formula is C20H28N4O. The quantitative estimate of drug-likeness (QED) is 0.572. The summed E-state index contributed by atoms with van der Waals surface area (Å²) in [5.41, 5.74) is 2.20. The van der Waals surface area contributed by atoms with Gasteiger partial charge in [0.2, 0.25) is 0 Å². The van der Waals surface area contributed by atoms with Crippen LogP contribution in [0.15, 0.2) is 53.7 Å². The first kappa shape index (κ1) is 18.8. The van der Waals surface area contributed by atoms with E-state index in [1.165, 1.54) is 0 Å². The van der Waals surface area contributed by atoms with E-state index in [0.717, 1.165) is 42.5 Å². The highest BCUT2D eigenvalue weighted by molar-refractivity contribution is 5.79. The van der Waals surface area contributed by atoms with Crippen LogP contribution in [0.2, 0.25) is 0 Å². The molecule has 2 aromatic rings. The second-order valence-corrected chi connectivity index (χ2v) is 6.01. The van der Waals surface area contributed by atoms with Crippen LogP contribution in [0.3, 0.4) is 0 Å². The van der Waals surface area contributed by atoms with Gasteiger partial charge in [-0.25, -0.2) is 4.99 Å². The lowest BCUT2D eigenvalue weighted by molar-refractivity contribution is 0.242. The molecule has 0 aliphatic heterocycles. The van der Waals surface area contributed by atoms with Gasteiger partial charge >= 0.3 is 0 Å². The number of hydrogen-bond acceptors (Lipinski definition) is 3. The second kappa shape index (κ2) is 10.3. The first-order chi connectivity index (χ1) is 12.2. The number of aromatic nitrogens is 1. The molecular weight excluding hydrogens is 312 g/mol. The lowest BCUT2D eigenvalue weighted by atomic mass is 10.2. The summed E-state index contributed by atoms with van der Waals surface area (Å²) in [7, 11) is 0. The van der Waals surface area contributed by atoms with Gasteiger partial charge < -0.3 is 15.4 Å². The van der Waals surface area contributed by atoms with Crippen LogP contribution in [0, 0.1) is 0 Å². The standard InChI is InChI=1S/C20H28N4O/c1-4-21-20(23-13-11-18-9-5-6-12-22-18)24-15-17-8-7-10-19(14-17)25-16(2)3/h5-10,12,14,16H,4,11,13,15H2,1-3H3,(H2,21,23,24). The van der Waals surface area contributed by atoms with Crippen molar-refractivity contribution in [3.8, 4) is 5.75 Å². The Morgan fingerprint density at radius 2 is 2.04 bits per heavy atom. The van der Waals surface area contributed by atoms with E-state index in [0.29, 0.717) is 6.54 Å². The summed E-state index contributed by atoms with van der Waals surface area (Å²) in [5, 5.41) is 6.63. The molecule has 1 heterocycles. The maximum atomic E-state index is 5.74. The van der Waals surface area contributed by atoms with E-state index in [4.69, 9.17) is 4.74 Å². The van der Waals surface area contributed by atoms with E-state index in [-0.39, 0.29) is 6.10 Å². The van der Waals surface area contributed by atoms with Gasteiger partial charge in [0.05, 0.1) is 12.6 Å². The molecule has 0 fully saturated rings. The van der Waals surface area contributed by atoms with Crippen molar-refractivity contribution in [3.05, 3.63) is 59.9 Å². The number of ether oxygens (including phenoxy) is 1. The molecule has 0 saturated heterocycles. The Balaban J connectivity index is 1.90.